The number of urea groups is 1. The summed E-state index contributed by atoms with van der Waals surface area (Å²) in [5.74, 6) is 0.201. The normalized spacial score (nSPS) is 28.0. The fraction of sp³-hybridized carbons (Fsp3) is 0.867. The number of amides is 3. The molecule has 1 unspecified atom stereocenters. The van der Waals surface area contributed by atoms with Gasteiger partial charge in [0.25, 0.3) is 0 Å². The zero-order valence-electron chi connectivity index (χ0n) is 13.3. The lowest BCUT2D eigenvalue weighted by Gasteiger charge is -2.37. The molecule has 0 bridgehead atoms. The van der Waals surface area contributed by atoms with E-state index in [4.69, 9.17) is 4.74 Å². The standard InChI is InChI=1S/C15H26N4O3/c1-12-10-18(8-9-22-12)14(20)11-17-5-2-13(3-6-17)19-7-4-16-15(19)21/h12-13H,2-11H2,1H3,(H,16,21). The van der Waals surface area contributed by atoms with Crippen molar-refractivity contribution in [3.05, 3.63) is 0 Å². The predicted octanol–water partition coefficient (Wildman–Crippen LogP) is -0.277. The molecule has 3 heterocycles. The Balaban J connectivity index is 1.43. The number of nitrogens with one attached hydrogen (secondary N) is 1. The third-order valence-electron chi connectivity index (χ3n) is 4.84. The van der Waals surface area contributed by atoms with Crippen LogP contribution >= 0.6 is 0 Å². The van der Waals surface area contributed by atoms with Gasteiger partial charge in [0.05, 0.1) is 19.3 Å². The van der Waals surface area contributed by atoms with E-state index >= 15 is 0 Å². The van der Waals surface area contributed by atoms with E-state index in [1.807, 2.05) is 16.7 Å². The van der Waals surface area contributed by atoms with Gasteiger partial charge in [0, 0.05) is 45.3 Å². The third kappa shape index (κ3) is 3.52. The Morgan fingerprint density at radius 1 is 1.27 bits per heavy atom. The van der Waals surface area contributed by atoms with Gasteiger partial charge >= 0.3 is 6.03 Å². The maximum absolute atomic E-state index is 12.4. The second kappa shape index (κ2) is 6.83. The van der Waals surface area contributed by atoms with Gasteiger partial charge in [0.2, 0.25) is 5.91 Å². The Morgan fingerprint density at radius 3 is 2.68 bits per heavy atom. The van der Waals surface area contributed by atoms with Gasteiger partial charge in [0.15, 0.2) is 0 Å². The van der Waals surface area contributed by atoms with Crippen LogP contribution in [-0.4, -0.2) is 91.2 Å². The minimum Gasteiger partial charge on any atom is -0.375 e. The molecule has 124 valence electrons. The number of morpholine rings is 1. The minimum atomic E-state index is 0.0665. The Kier molecular flexibility index (Phi) is 4.83. The molecule has 0 aromatic rings. The van der Waals surface area contributed by atoms with Gasteiger partial charge in [-0.3, -0.25) is 9.69 Å². The molecule has 7 nitrogen and oxygen atoms in total. The second-order valence-electron chi connectivity index (χ2n) is 6.45. The van der Waals surface area contributed by atoms with E-state index in [9.17, 15) is 9.59 Å². The summed E-state index contributed by atoms with van der Waals surface area (Å²) in [4.78, 5) is 30.1. The lowest BCUT2D eigenvalue weighted by Crippen LogP contribution is -2.51. The highest BCUT2D eigenvalue weighted by atomic mass is 16.5. The summed E-state index contributed by atoms with van der Waals surface area (Å²) in [6.45, 7) is 7.88. The summed E-state index contributed by atoms with van der Waals surface area (Å²) in [5, 5.41) is 2.86. The van der Waals surface area contributed by atoms with Crippen LogP contribution in [0.25, 0.3) is 0 Å². The molecule has 0 radical (unpaired) electrons. The summed E-state index contributed by atoms with van der Waals surface area (Å²) in [6.07, 6.45) is 2.05. The molecule has 3 fully saturated rings. The van der Waals surface area contributed by atoms with Gasteiger partial charge in [0.1, 0.15) is 0 Å². The summed E-state index contributed by atoms with van der Waals surface area (Å²) in [6, 6.07) is 0.397. The van der Waals surface area contributed by atoms with Crippen molar-refractivity contribution in [1.82, 2.24) is 20.0 Å². The molecule has 0 aliphatic carbocycles. The summed E-state index contributed by atoms with van der Waals surface area (Å²) < 4.78 is 5.48. The maximum atomic E-state index is 12.4. The second-order valence-corrected chi connectivity index (χ2v) is 6.45. The quantitative estimate of drug-likeness (QED) is 0.779. The van der Waals surface area contributed by atoms with E-state index in [1.54, 1.807) is 0 Å². The van der Waals surface area contributed by atoms with Crippen LogP contribution in [0.15, 0.2) is 0 Å². The van der Waals surface area contributed by atoms with Crippen LogP contribution in [0.4, 0.5) is 4.79 Å². The topological polar surface area (TPSA) is 65.1 Å². The number of hydrogen-bond acceptors (Lipinski definition) is 4. The first-order valence-corrected chi connectivity index (χ1v) is 8.29. The van der Waals surface area contributed by atoms with Gasteiger partial charge in [-0.25, -0.2) is 4.79 Å². The highest BCUT2D eigenvalue weighted by Gasteiger charge is 2.31. The SMILES string of the molecule is CC1CN(C(=O)CN2CCC(N3CCNC3=O)CC2)CCO1. The van der Waals surface area contributed by atoms with Crippen molar-refractivity contribution in [2.24, 2.45) is 0 Å². The van der Waals surface area contributed by atoms with Gasteiger partial charge in [-0.05, 0) is 19.8 Å². The van der Waals surface area contributed by atoms with E-state index in [1.165, 1.54) is 0 Å². The number of likely N-dealkylation sites (tertiary alicyclic amines) is 1. The molecule has 0 aromatic heterocycles. The fourth-order valence-electron chi connectivity index (χ4n) is 3.56. The Hall–Kier alpha value is -1.34. The van der Waals surface area contributed by atoms with E-state index < -0.39 is 0 Å². The molecule has 3 aliphatic heterocycles. The maximum Gasteiger partial charge on any atom is 0.317 e. The number of carbonyl (C=O) groups is 2. The molecular weight excluding hydrogens is 284 g/mol. The molecule has 1 N–H and O–H groups in total. The first kappa shape index (κ1) is 15.6. The molecule has 3 aliphatic rings. The zero-order valence-corrected chi connectivity index (χ0v) is 13.3. The van der Waals surface area contributed by atoms with Crippen molar-refractivity contribution in [2.75, 3.05) is 52.4 Å². The molecule has 0 spiro atoms. The molecule has 3 rings (SSSR count). The van der Waals surface area contributed by atoms with Crippen molar-refractivity contribution in [2.45, 2.75) is 31.9 Å². The summed E-state index contributed by atoms with van der Waals surface area (Å²) >= 11 is 0. The number of piperidine rings is 1. The lowest BCUT2D eigenvalue weighted by molar-refractivity contribution is -0.139. The number of carbonyl (C=O) groups excluding carboxylic acids is 2. The van der Waals surface area contributed by atoms with Crippen LogP contribution in [-0.2, 0) is 9.53 Å². The van der Waals surface area contributed by atoms with Crippen LogP contribution in [0.2, 0.25) is 0 Å². The van der Waals surface area contributed by atoms with Gasteiger partial charge < -0.3 is 19.9 Å². The zero-order chi connectivity index (χ0) is 15.5. The van der Waals surface area contributed by atoms with Crippen molar-refractivity contribution < 1.29 is 14.3 Å². The lowest BCUT2D eigenvalue weighted by atomic mass is 10.0. The van der Waals surface area contributed by atoms with Gasteiger partial charge in [-0.2, -0.15) is 0 Å². The number of rotatable bonds is 3. The molecule has 3 amide bonds. The molecule has 22 heavy (non-hydrogen) atoms. The molecule has 7 heteroatoms. The molecule has 0 aromatic carbocycles. The van der Waals surface area contributed by atoms with E-state index in [0.717, 1.165) is 39.0 Å². The van der Waals surface area contributed by atoms with E-state index in [-0.39, 0.29) is 18.0 Å². The van der Waals surface area contributed by atoms with E-state index in [0.29, 0.717) is 32.3 Å². The van der Waals surface area contributed by atoms with E-state index in [2.05, 4.69) is 10.2 Å². The van der Waals surface area contributed by atoms with Crippen molar-refractivity contribution in [3.63, 3.8) is 0 Å². The monoisotopic (exact) mass is 310 g/mol. The predicted molar refractivity (Wildman–Crippen MR) is 81.6 cm³/mol. The summed E-state index contributed by atoms with van der Waals surface area (Å²) in [5.41, 5.74) is 0. The first-order valence-electron chi connectivity index (χ1n) is 8.29. The minimum absolute atomic E-state index is 0.0665. The largest absolute Gasteiger partial charge is 0.375 e. The molecule has 3 saturated heterocycles. The Labute approximate surface area is 131 Å². The molecule has 0 saturated carbocycles. The smallest absolute Gasteiger partial charge is 0.317 e. The van der Waals surface area contributed by atoms with Crippen LogP contribution in [0, 0.1) is 0 Å². The average molecular weight is 310 g/mol. The van der Waals surface area contributed by atoms with Crippen molar-refractivity contribution >= 4 is 11.9 Å². The Morgan fingerprint density at radius 2 is 2.05 bits per heavy atom. The highest BCUT2D eigenvalue weighted by molar-refractivity contribution is 5.78. The van der Waals surface area contributed by atoms with Crippen LogP contribution < -0.4 is 5.32 Å². The highest BCUT2D eigenvalue weighted by Crippen LogP contribution is 2.18. The van der Waals surface area contributed by atoms with Crippen LogP contribution in [0.3, 0.4) is 0 Å². The van der Waals surface area contributed by atoms with Gasteiger partial charge in [-0.1, -0.05) is 0 Å². The number of nitrogens with zero attached hydrogens (tertiary/aromatic N) is 3. The Bertz CT molecular complexity index is 423. The van der Waals surface area contributed by atoms with Crippen LogP contribution in [0.1, 0.15) is 19.8 Å². The van der Waals surface area contributed by atoms with Gasteiger partial charge in [-0.15, -0.1) is 0 Å². The average Bonchev–Trinajstić information content (AvgIpc) is 2.94. The molecule has 1 atom stereocenters. The number of hydrogen-bond donors (Lipinski definition) is 1. The van der Waals surface area contributed by atoms with Crippen molar-refractivity contribution in [3.8, 4) is 0 Å². The fourth-order valence-corrected chi connectivity index (χ4v) is 3.56. The molecular formula is C15H26N4O3. The third-order valence-corrected chi connectivity index (χ3v) is 4.84. The number of ether oxygens (including phenoxy) is 1. The van der Waals surface area contributed by atoms with Crippen molar-refractivity contribution in [1.29, 1.82) is 0 Å². The van der Waals surface area contributed by atoms with Crippen LogP contribution in [0.5, 0.6) is 0 Å². The first-order chi connectivity index (χ1) is 10.6. The summed E-state index contributed by atoms with van der Waals surface area (Å²) in [7, 11) is 0.